The number of anilines is 2. The highest BCUT2D eigenvalue weighted by atomic mass is 32.2. The Morgan fingerprint density at radius 2 is 1.76 bits per heavy atom. The molecule has 0 spiro atoms. The van der Waals surface area contributed by atoms with Crippen LogP contribution in [0.25, 0.3) is 22.2 Å². The molecule has 4 aromatic rings. The van der Waals surface area contributed by atoms with Crippen molar-refractivity contribution in [2.75, 3.05) is 31.5 Å². The molecule has 0 aliphatic carbocycles. The van der Waals surface area contributed by atoms with Gasteiger partial charge < -0.3 is 15.3 Å². The summed E-state index contributed by atoms with van der Waals surface area (Å²) in [6, 6.07) is 14.2. The highest BCUT2D eigenvalue weighted by molar-refractivity contribution is 7.89. The number of aryl methyl sites for hydroxylation is 1. The number of nitrogens with zero attached hydrogens (tertiary/aromatic N) is 4. The van der Waals surface area contributed by atoms with E-state index >= 15 is 0 Å². The summed E-state index contributed by atoms with van der Waals surface area (Å²) in [6.45, 7) is 5.00. The number of hydrogen-bond donors (Lipinski definition) is 3. The molecule has 9 nitrogen and oxygen atoms in total. The van der Waals surface area contributed by atoms with Crippen molar-refractivity contribution in [3.8, 4) is 16.9 Å². The number of nitrogens with one attached hydrogen (secondary N) is 2. The van der Waals surface area contributed by atoms with E-state index in [1.165, 1.54) is 37.1 Å². The number of likely N-dealkylation sites (tertiary alicyclic amines) is 1. The molecule has 0 radical (unpaired) electrons. The van der Waals surface area contributed by atoms with Crippen LogP contribution >= 0.6 is 0 Å². The smallest absolute Gasteiger partial charge is 0.247 e. The number of fused-ring (bicyclic) bond motifs is 1. The predicted octanol–water partition coefficient (Wildman–Crippen LogP) is 3.96. The molecule has 0 amide bonds. The van der Waals surface area contributed by atoms with Crippen LogP contribution in [-0.2, 0) is 10.0 Å². The highest BCUT2D eigenvalue weighted by Gasteiger charge is 2.16. The third-order valence-corrected chi connectivity index (χ3v) is 7.85. The third-order valence-electron chi connectivity index (χ3n) is 6.37. The van der Waals surface area contributed by atoms with Gasteiger partial charge in [0.25, 0.3) is 0 Å². The molecule has 3 N–H and O–H groups in total. The topological polar surface area (TPSA) is 120 Å². The average molecular weight is 523 g/mol. The van der Waals surface area contributed by atoms with Gasteiger partial charge in [-0.3, -0.25) is 0 Å². The Balaban J connectivity index is 1.28. The maximum absolute atomic E-state index is 13.8. The number of aromatic nitrogens is 3. The van der Waals surface area contributed by atoms with Gasteiger partial charge in [-0.15, -0.1) is 10.2 Å². The summed E-state index contributed by atoms with van der Waals surface area (Å²) < 4.78 is 41.7. The minimum Gasteiger partial charge on any atom is -0.505 e. The molecule has 3 aromatic carbocycles. The molecular formula is C26H27FN6O3S. The summed E-state index contributed by atoms with van der Waals surface area (Å²) in [6.07, 6.45) is 2.33. The van der Waals surface area contributed by atoms with E-state index in [0.29, 0.717) is 35.4 Å². The van der Waals surface area contributed by atoms with Crippen LogP contribution in [0.15, 0.2) is 59.5 Å². The van der Waals surface area contributed by atoms with Crippen molar-refractivity contribution in [3.05, 3.63) is 66.0 Å². The first-order valence-corrected chi connectivity index (χ1v) is 13.5. The number of sulfonamides is 1. The normalized spacial score (nSPS) is 14.3. The maximum Gasteiger partial charge on any atom is 0.247 e. The monoisotopic (exact) mass is 522 g/mol. The maximum atomic E-state index is 13.8. The van der Waals surface area contributed by atoms with Crippen LogP contribution in [0.2, 0.25) is 0 Å². The fourth-order valence-corrected chi connectivity index (χ4v) is 5.41. The van der Waals surface area contributed by atoms with Crippen LogP contribution in [0.3, 0.4) is 0 Å². The van der Waals surface area contributed by atoms with E-state index in [1.807, 2.05) is 13.0 Å². The molecular weight excluding hydrogens is 495 g/mol. The first-order chi connectivity index (χ1) is 17.8. The van der Waals surface area contributed by atoms with Crippen molar-refractivity contribution < 1.29 is 17.9 Å². The largest absolute Gasteiger partial charge is 0.505 e. The van der Waals surface area contributed by atoms with Crippen molar-refractivity contribution in [3.63, 3.8) is 0 Å². The fraction of sp³-hybridized carbons (Fsp3) is 0.269. The number of aromatic hydroxyl groups is 1. The lowest BCUT2D eigenvalue weighted by Crippen LogP contribution is -2.33. The average Bonchev–Trinajstić information content (AvgIpc) is 3.40. The molecule has 1 aromatic heterocycles. The number of benzene rings is 3. The fourth-order valence-electron chi connectivity index (χ4n) is 4.39. The second-order valence-electron chi connectivity index (χ2n) is 9.06. The Labute approximate surface area is 214 Å². The van der Waals surface area contributed by atoms with E-state index < -0.39 is 21.6 Å². The molecule has 0 saturated carbocycles. The van der Waals surface area contributed by atoms with E-state index in [9.17, 15) is 17.9 Å². The first kappa shape index (κ1) is 25.0. The van der Waals surface area contributed by atoms with Gasteiger partial charge in [-0.1, -0.05) is 6.07 Å². The molecule has 1 saturated heterocycles. The van der Waals surface area contributed by atoms with Crippen molar-refractivity contribution >= 4 is 32.7 Å². The zero-order chi connectivity index (χ0) is 26.0. The lowest BCUT2D eigenvalue weighted by molar-refractivity contribution is 0.344. The van der Waals surface area contributed by atoms with Crippen molar-refractivity contribution in [2.45, 2.75) is 24.7 Å². The van der Waals surface area contributed by atoms with Crippen LogP contribution in [0, 0.1) is 12.7 Å². The minimum atomic E-state index is -3.59. The van der Waals surface area contributed by atoms with E-state index in [4.69, 9.17) is 0 Å². The van der Waals surface area contributed by atoms with Crippen molar-refractivity contribution in [1.82, 2.24) is 24.8 Å². The number of rotatable bonds is 8. The summed E-state index contributed by atoms with van der Waals surface area (Å²) >= 11 is 0. The first-order valence-electron chi connectivity index (χ1n) is 12.0. The Bertz CT molecular complexity index is 1540. The Hall–Kier alpha value is -3.67. The molecule has 0 unspecified atom stereocenters. The lowest BCUT2D eigenvalue weighted by Gasteiger charge is -2.15. The molecule has 2 heterocycles. The molecule has 0 bridgehead atoms. The molecule has 1 fully saturated rings. The molecule has 5 rings (SSSR count). The zero-order valence-electron chi connectivity index (χ0n) is 20.3. The minimum absolute atomic E-state index is 0.186. The van der Waals surface area contributed by atoms with E-state index in [1.54, 1.807) is 24.3 Å². The van der Waals surface area contributed by atoms with Gasteiger partial charge in [0.15, 0.2) is 11.6 Å². The summed E-state index contributed by atoms with van der Waals surface area (Å²) in [4.78, 5) is 6.99. The zero-order valence-corrected chi connectivity index (χ0v) is 21.1. The summed E-state index contributed by atoms with van der Waals surface area (Å²) in [7, 11) is -3.59. The van der Waals surface area contributed by atoms with Gasteiger partial charge in [0.05, 0.1) is 10.4 Å². The van der Waals surface area contributed by atoms with Gasteiger partial charge in [0.2, 0.25) is 16.0 Å². The van der Waals surface area contributed by atoms with Gasteiger partial charge in [0.1, 0.15) is 5.52 Å². The van der Waals surface area contributed by atoms with Gasteiger partial charge in [-0.2, -0.15) is 0 Å². The van der Waals surface area contributed by atoms with Crippen molar-refractivity contribution in [1.29, 1.82) is 0 Å². The second kappa shape index (κ2) is 10.4. The van der Waals surface area contributed by atoms with Crippen molar-refractivity contribution in [2.24, 2.45) is 0 Å². The Morgan fingerprint density at radius 3 is 2.49 bits per heavy atom. The second-order valence-corrected chi connectivity index (χ2v) is 10.8. The van der Waals surface area contributed by atoms with Crippen LogP contribution in [0.5, 0.6) is 5.75 Å². The number of hydrogen-bond acceptors (Lipinski definition) is 8. The van der Waals surface area contributed by atoms with Crippen LogP contribution in [-0.4, -0.2) is 59.8 Å². The SMILES string of the molecule is Cc1cc(-c2ccc(O)c(F)c2)cc2nnc(Nc3ccc(S(=O)(=O)NCCN4CCCC4)cc3)nc12. The summed E-state index contributed by atoms with van der Waals surface area (Å²) in [5, 5.41) is 20.9. The lowest BCUT2D eigenvalue weighted by atomic mass is 10.0. The molecule has 1 aliphatic heterocycles. The molecule has 1 aliphatic rings. The third kappa shape index (κ3) is 5.68. The molecule has 192 valence electrons. The molecule has 11 heteroatoms. The summed E-state index contributed by atoms with van der Waals surface area (Å²) in [5.41, 5.74) is 3.93. The number of halogens is 1. The quantitative estimate of drug-likeness (QED) is 0.318. The van der Waals surface area contributed by atoms with E-state index in [2.05, 4.69) is 30.1 Å². The van der Waals surface area contributed by atoms with E-state index in [0.717, 1.165) is 24.2 Å². The van der Waals surface area contributed by atoms with Gasteiger partial charge >= 0.3 is 0 Å². The highest BCUT2D eigenvalue weighted by Crippen LogP contribution is 2.29. The molecule has 37 heavy (non-hydrogen) atoms. The standard InChI is InChI=1S/C26H27FN6O3S/c1-17-14-19(18-4-9-24(34)22(27)15-18)16-23-25(17)30-26(32-31-23)29-20-5-7-21(8-6-20)37(35,36)28-10-13-33-11-2-3-12-33/h4-9,14-16,28,34H,2-3,10-13H2,1H3,(H,29,30,32). The Morgan fingerprint density at radius 1 is 1.00 bits per heavy atom. The van der Waals surface area contributed by atoms with Gasteiger partial charge in [-0.25, -0.2) is 22.5 Å². The van der Waals surface area contributed by atoms with Crippen LogP contribution in [0.1, 0.15) is 18.4 Å². The molecule has 0 atom stereocenters. The van der Waals surface area contributed by atoms with Gasteiger partial charge in [-0.05, 0) is 98.1 Å². The number of phenols is 1. The Kier molecular flexibility index (Phi) is 7.00. The number of phenolic OH excluding ortho intramolecular Hbond substituents is 1. The van der Waals surface area contributed by atoms with Crippen LogP contribution in [0.4, 0.5) is 16.0 Å². The predicted molar refractivity (Wildman–Crippen MR) is 140 cm³/mol. The summed E-state index contributed by atoms with van der Waals surface area (Å²) in [5.74, 6) is -0.841. The van der Waals surface area contributed by atoms with Crippen LogP contribution < -0.4 is 10.0 Å². The van der Waals surface area contributed by atoms with Gasteiger partial charge in [0, 0.05) is 18.8 Å². The van der Waals surface area contributed by atoms with E-state index in [-0.39, 0.29) is 10.8 Å².